The number of aromatic nitrogens is 2. The molecule has 0 radical (unpaired) electrons. The predicted molar refractivity (Wildman–Crippen MR) is 92.1 cm³/mol. The van der Waals surface area contributed by atoms with Gasteiger partial charge in [0.1, 0.15) is 6.54 Å². The number of hydrogen-bond donors (Lipinski definition) is 2. The lowest BCUT2D eigenvalue weighted by Crippen LogP contribution is -2.22. The zero-order valence-corrected chi connectivity index (χ0v) is 15.1. The van der Waals surface area contributed by atoms with Crippen LogP contribution in [0.2, 0.25) is 0 Å². The van der Waals surface area contributed by atoms with Gasteiger partial charge in [0, 0.05) is 25.4 Å². The third kappa shape index (κ3) is 4.18. The van der Waals surface area contributed by atoms with E-state index in [0.29, 0.717) is 24.1 Å². The molecule has 136 valence electrons. The molecule has 0 amide bonds. The minimum atomic E-state index is -3.45. The Morgan fingerprint density at radius 1 is 1.20 bits per heavy atom. The van der Waals surface area contributed by atoms with E-state index in [0.717, 1.165) is 14.6 Å². The third-order valence-corrected chi connectivity index (χ3v) is 5.78. The van der Waals surface area contributed by atoms with Crippen molar-refractivity contribution in [3.05, 3.63) is 51.4 Å². The number of nitrogens with one attached hydrogen (secondary N) is 1. The van der Waals surface area contributed by atoms with E-state index < -0.39 is 22.5 Å². The van der Waals surface area contributed by atoms with Crippen LogP contribution in [0.3, 0.4) is 0 Å². The van der Waals surface area contributed by atoms with Crippen LogP contribution >= 0.6 is 0 Å². The number of benzene rings is 1. The van der Waals surface area contributed by atoms with Crippen molar-refractivity contribution in [2.75, 3.05) is 14.1 Å². The van der Waals surface area contributed by atoms with Gasteiger partial charge in [-0.3, -0.25) is 14.7 Å². The SMILES string of the molecule is Cc1c(CCc2ccc(S(=O)(=O)N(C)C)cc2)[nH]n(CC(=O)O)c1=O. The molecule has 0 atom stereocenters. The molecule has 0 aliphatic heterocycles. The van der Waals surface area contributed by atoms with Gasteiger partial charge in [0.2, 0.25) is 10.0 Å². The maximum Gasteiger partial charge on any atom is 0.325 e. The van der Waals surface area contributed by atoms with Gasteiger partial charge in [-0.25, -0.2) is 17.4 Å². The summed E-state index contributed by atoms with van der Waals surface area (Å²) in [4.78, 5) is 22.9. The molecule has 9 heteroatoms. The van der Waals surface area contributed by atoms with Crippen LogP contribution in [0, 0.1) is 6.92 Å². The van der Waals surface area contributed by atoms with Crippen molar-refractivity contribution in [2.24, 2.45) is 0 Å². The second-order valence-corrected chi connectivity index (χ2v) is 8.08. The molecule has 0 aliphatic carbocycles. The van der Waals surface area contributed by atoms with Gasteiger partial charge in [-0.2, -0.15) is 0 Å². The van der Waals surface area contributed by atoms with Gasteiger partial charge in [-0.15, -0.1) is 0 Å². The fourth-order valence-corrected chi connectivity index (χ4v) is 3.33. The number of carboxylic acid groups (broad SMARTS) is 1. The molecule has 1 heterocycles. The second-order valence-electron chi connectivity index (χ2n) is 5.93. The van der Waals surface area contributed by atoms with Gasteiger partial charge in [-0.1, -0.05) is 12.1 Å². The molecule has 8 nitrogen and oxygen atoms in total. The number of rotatable bonds is 7. The molecule has 2 N–H and O–H groups in total. The van der Waals surface area contributed by atoms with Crippen molar-refractivity contribution in [1.29, 1.82) is 0 Å². The Hall–Kier alpha value is -2.39. The number of carboxylic acids is 1. The average Bonchev–Trinajstić information content (AvgIpc) is 2.80. The number of sulfonamides is 1. The Kier molecular flexibility index (Phi) is 5.48. The van der Waals surface area contributed by atoms with Crippen molar-refractivity contribution in [2.45, 2.75) is 31.2 Å². The quantitative estimate of drug-likeness (QED) is 0.744. The average molecular weight is 367 g/mol. The number of aromatic amines is 1. The Morgan fingerprint density at radius 3 is 2.32 bits per heavy atom. The first kappa shape index (κ1) is 18.9. The fourth-order valence-electron chi connectivity index (χ4n) is 2.43. The smallest absolute Gasteiger partial charge is 0.325 e. The maximum absolute atomic E-state index is 12.0. The largest absolute Gasteiger partial charge is 0.480 e. The van der Waals surface area contributed by atoms with Crippen LogP contribution in [0.25, 0.3) is 0 Å². The molecule has 2 aromatic rings. The van der Waals surface area contributed by atoms with Crippen molar-refractivity contribution in [1.82, 2.24) is 14.1 Å². The highest BCUT2D eigenvalue weighted by molar-refractivity contribution is 7.89. The van der Waals surface area contributed by atoms with Crippen LogP contribution in [-0.4, -0.2) is 47.7 Å². The number of carbonyl (C=O) groups is 1. The molecule has 2 rings (SSSR count). The van der Waals surface area contributed by atoms with E-state index in [-0.39, 0.29) is 10.5 Å². The third-order valence-electron chi connectivity index (χ3n) is 3.95. The molecule has 0 saturated carbocycles. The molecule has 0 unspecified atom stereocenters. The molecule has 0 fully saturated rings. The summed E-state index contributed by atoms with van der Waals surface area (Å²) >= 11 is 0. The maximum atomic E-state index is 12.0. The van der Waals surface area contributed by atoms with Crippen LogP contribution in [0.1, 0.15) is 16.8 Å². The van der Waals surface area contributed by atoms with E-state index in [1.165, 1.54) is 14.1 Å². The summed E-state index contributed by atoms with van der Waals surface area (Å²) < 4.78 is 26.3. The normalized spacial score (nSPS) is 11.8. The van der Waals surface area contributed by atoms with E-state index in [1.807, 2.05) is 0 Å². The zero-order valence-electron chi connectivity index (χ0n) is 14.3. The number of hydrogen-bond acceptors (Lipinski definition) is 4. The van der Waals surface area contributed by atoms with Crippen LogP contribution in [0.4, 0.5) is 0 Å². The van der Waals surface area contributed by atoms with Gasteiger partial charge < -0.3 is 5.11 Å². The molecule has 25 heavy (non-hydrogen) atoms. The highest BCUT2D eigenvalue weighted by atomic mass is 32.2. The van der Waals surface area contributed by atoms with Crippen LogP contribution in [0.5, 0.6) is 0 Å². The summed E-state index contributed by atoms with van der Waals surface area (Å²) in [6, 6.07) is 6.57. The Labute approximate surface area is 145 Å². The Bertz CT molecular complexity index is 924. The predicted octanol–water partition coefficient (Wildman–Crippen LogP) is 0.605. The first-order valence-corrected chi connectivity index (χ1v) is 9.08. The molecule has 0 saturated heterocycles. The van der Waals surface area contributed by atoms with Gasteiger partial charge in [0.15, 0.2) is 0 Å². The Balaban J connectivity index is 2.12. The molecule has 1 aromatic heterocycles. The number of aliphatic carboxylic acids is 1. The summed E-state index contributed by atoms with van der Waals surface area (Å²) in [5.41, 5.74) is 1.75. The summed E-state index contributed by atoms with van der Waals surface area (Å²) in [5.74, 6) is -1.09. The first-order chi connectivity index (χ1) is 11.6. The van der Waals surface area contributed by atoms with Crippen LogP contribution in [-0.2, 0) is 34.2 Å². The standard InChI is InChI=1S/C16H21N3O5S/c1-11-14(17-19(16(11)22)10-15(20)21)9-6-12-4-7-13(8-5-12)25(23,24)18(2)3/h4-5,7-8,17H,6,9-10H2,1-3H3,(H,20,21). The van der Waals surface area contributed by atoms with Crippen molar-refractivity contribution in [3.8, 4) is 0 Å². The number of aryl methyl sites for hydroxylation is 2. The van der Waals surface area contributed by atoms with Gasteiger partial charge in [-0.05, 0) is 37.5 Å². The van der Waals surface area contributed by atoms with E-state index >= 15 is 0 Å². The van der Waals surface area contributed by atoms with Gasteiger partial charge in [0.05, 0.1) is 4.90 Å². The van der Waals surface area contributed by atoms with Gasteiger partial charge >= 0.3 is 5.97 Å². The highest BCUT2D eigenvalue weighted by Gasteiger charge is 2.17. The summed E-state index contributed by atoms with van der Waals surface area (Å²) in [6.45, 7) is 1.25. The molecular weight excluding hydrogens is 346 g/mol. The molecule has 0 bridgehead atoms. The molecular formula is C16H21N3O5S. The summed E-state index contributed by atoms with van der Waals surface area (Å²) in [5, 5.41) is 11.6. The number of nitrogens with zero attached hydrogens (tertiary/aromatic N) is 2. The summed E-state index contributed by atoms with van der Waals surface area (Å²) in [7, 11) is -0.502. The van der Waals surface area contributed by atoms with Crippen LogP contribution in [0.15, 0.2) is 34.0 Å². The molecule has 0 spiro atoms. The van der Waals surface area contributed by atoms with Crippen molar-refractivity contribution < 1.29 is 18.3 Å². The monoisotopic (exact) mass is 367 g/mol. The van der Waals surface area contributed by atoms with Crippen molar-refractivity contribution in [3.63, 3.8) is 0 Å². The van der Waals surface area contributed by atoms with Crippen molar-refractivity contribution >= 4 is 16.0 Å². The zero-order chi connectivity index (χ0) is 18.8. The van der Waals surface area contributed by atoms with E-state index in [9.17, 15) is 18.0 Å². The lowest BCUT2D eigenvalue weighted by molar-refractivity contribution is -0.137. The van der Waals surface area contributed by atoms with E-state index in [4.69, 9.17) is 5.11 Å². The lowest BCUT2D eigenvalue weighted by Gasteiger charge is -2.11. The minimum absolute atomic E-state index is 0.221. The highest BCUT2D eigenvalue weighted by Crippen LogP contribution is 2.15. The van der Waals surface area contributed by atoms with E-state index in [1.54, 1.807) is 31.2 Å². The second kappa shape index (κ2) is 7.24. The Morgan fingerprint density at radius 2 is 1.80 bits per heavy atom. The fraction of sp³-hybridized carbons (Fsp3) is 0.375. The topological polar surface area (TPSA) is 112 Å². The lowest BCUT2D eigenvalue weighted by atomic mass is 10.1. The van der Waals surface area contributed by atoms with Crippen LogP contribution < -0.4 is 5.56 Å². The minimum Gasteiger partial charge on any atom is -0.480 e. The summed E-state index contributed by atoms with van der Waals surface area (Å²) in [6.07, 6.45) is 1.11. The van der Waals surface area contributed by atoms with E-state index in [2.05, 4.69) is 5.10 Å². The molecule has 0 aliphatic rings. The van der Waals surface area contributed by atoms with Gasteiger partial charge in [0.25, 0.3) is 5.56 Å². The molecule has 1 aromatic carbocycles. The first-order valence-electron chi connectivity index (χ1n) is 7.64. The number of H-pyrrole nitrogens is 1.